The smallest absolute Gasteiger partial charge is 0.123 e. The van der Waals surface area contributed by atoms with E-state index in [1.165, 1.54) is 31.2 Å². The van der Waals surface area contributed by atoms with Gasteiger partial charge in [-0.05, 0) is 49.4 Å². The van der Waals surface area contributed by atoms with Crippen LogP contribution in [0.1, 0.15) is 38.2 Å². The van der Waals surface area contributed by atoms with Gasteiger partial charge in [0, 0.05) is 24.0 Å². The summed E-state index contributed by atoms with van der Waals surface area (Å²) in [6, 6.07) is 6.52. The van der Waals surface area contributed by atoms with Gasteiger partial charge in [-0.1, -0.05) is 24.4 Å². The molecule has 1 aromatic rings. The summed E-state index contributed by atoms with van der Waals surface area (Å²) in [4.78, 5) is 0. The molecule has 0 bridgehead atoms. The highest BCUT2D eigenvalue weighted by atomic mass is 35.5. The Kier molecular flexibility index (Phi) is 3.99. The molecule has 1 unspecified atom stereocenters. The second-order valence-corrected chi connectivity index (χ2v) is 6.37. The van der Waals surface area contributed by atoms with Crippen LogP contribution in [-0.4, -0.2) is 18.7 Å². The maximum absolute atomic E-state index is 6.01. The van der Waals surface area contributed by atoms with Crippen LogP contribution in [0.25, 0.3) is 0 Å². The van der Waals surface area contributed by atoms with Gasteiger partial charge in [0.1, 0.15) is 11.9 Å². The monoisotopic (exact) mass is 279 g/mol. The van der Waals surface area contributed by atoms with E-state index in [9.17, 15) is 0 Å². The van der Waals surface area contributed by atoms with E-state index in [2.05, 4.69) is 12.2 Å². The van der Waals surface area contributed by atoms with Gasteiger partial charge in [-0.3, -0.25) is 0 Å². The number of ether oxygens (including phenoxy) is 1. The molecule has 3 heteroatoms. The van der Waals surface area contributed by atoms with E-state index >= 15 is 0 Å². The third kappa shape index (κ3) is 3.06. The van der Waals surface area contributed by atoms with Crippen molar-refractivity contribution < 1.29 is 4.74 Å². The van der Waals surface area contributed by atoms with Crippen molar-refractivity contribution in [2.45, 2.75) is 51.2 Å². The van der Waals surface area contributed by atoms with Crippen LogP contribution in [0.2, 0.25) is 5.02 Å². The first-order chi connectivity index (χ1) is 9.22. The number of fused-ring (bicyclic) bond motifs is 1. The van der Waals surface area contributed by atoms with E-state index in [0.717, 1.165) is 29.7 Å². The number of hydrogen-bond donors (Lipinski definition) is 1. The molecule has 3 rings (SSSR count). The Morgan fingerprint density at radius 2 is 2.16 bits per heavy atom. The van der Waals surface area contributed by atoms with Crippen LogP contribution < -0.4 is 10.1 Å². The lowest BCUT2D eigenvalue weighted by molar-refractivity contribution is 0.214. The second-order valence-electron chi connectivity index (χ2n) is 5.94. The molecular weight excluding hydrogens is 258 g/mol. The molecule has 2 atom stereocenters. The normalized spacial score (nSPS) is 24.2. The molecule has 2 aliphatic rings. The van der Waals surface area contributed by atoms with Crippen molar-refractivity contribution in [3.8, 4) is 5.75 Å². The molecule has 0 spiro atoms. The summed E-state index contributed by atoms with van der Waals surface area (Å²) in [5.74, 6) is 1.86. The van der Waals surface area contributed by atoms with Crippen LogP contribution >= 0.6 is 11.6 Å². The summed E-state index contributed by atoms with van der Waals surface area (Å²) in [6.07, 6.45) is 6.81. The topological polar surface area (TPSA) is 21.3 Å². The van der Waals surface area contributed by atoms with Gasteiger partial charge in [-0.15, -0.1) is 0 Å². The highest BCUT2D eigenvalue weighted by Crippen LogP contribution is 2.31. The number of benzene rings is 1. The molecule has 0 amide bonds. The summed E-state index contributed by atoms with van der Waals surface area (Å²) >= 11 is 6.01. The van der Waals surface area contributed by atoms with E-state index in [4.69, 9.17) is 16.3 Å². The summed E-state index contributed by atoms with van der Waals surface area (Å²) in [6.45, 7) is 3.25. The average molecular weight is 280 g/mol. The van der Waals surface area contributed by atoms with Gasteiger partial charge >= 0.3 is 0 Å². The van der Waals surface area contributed by atoms with Crippen molar-refractivity contribution in [3.63, 3.8) is 0 Å². The van der Waals surface area contributed by atoms with E-state index in [-0.39, 0.29) is 6.10 Å². The minimum atomic E-state index is 0.261. The molecule has 0 aromatic heterocycles. The maximum atomic E-state index is 6.01. The zero-order valence-electron chi connectivity index (χ0n) is 11.5. The third-order valence-corrected chi connectivity index (χ3v) is 4.77. The van der Waals surface area contributed by atoms with E-state index < -0.39 is 0 Å². The predicted octanol–water partition coefficient (Wildman–Crippen LogP) is 3.81. The average Bonchev–Trinajstić information content (AvgIpc) is 3.04. The molecule has 1 aromatic carbocycles. The fourth-order valence-electron chi connectivity index (χ4n) is 3.34. The first-order valence-corrected chi connectivity index (χ1v) is 7.78. The Labute approximate surface area is 120 Å². The second kappa shape index (κ2) is 5.72. The molecular formula is C16H22ClNO. The predicted molar refractivity (Wildman–Crippen MR) is 79.0 cm³/mol. The highest BCUT2D eigenvalue weighted by molar-refractivity contribution is 6.30. The number of halogens is 1. The molecule has 104 valence electrons. The summed E-state index contributed by atoms with van der Waals surface area (Å²) in [5.41, 5.74) is 1.24. The van der Waals surface area contributed by atoms with Crippen molar-refractivity contribution in [1.82, 2.24) is 5.32 Å². The minimum absolute atomic E-state index is 0.261. The van der Waals surface area contributed by atoms with Crippen molar-refractivity contribution in [3.05, 3.63) is 28.8 Å². The van der Waals surface area contributed by atoms with Crippen LogP contribution in [0.3, 0.4) is 0 Å². The third-order valence-electron chi connectivity index (χ3n) is 4.54. The van der Waals surface area contributed by atoms with Crippen molar-refractivity contribution >= 4 is 11.6 Å². The van der Waals surface area contributed by atoms with E-state index in [1.54, 1.807) is 0 Å². The Hall–Kier alpha value is -0.730. The van der Waals surface area contributed by atoms with Crippen LogP contribution in [0.5, 0.6) is 5.75 Å². The van der Waals surface area contributed by atoms with Crippen LogP contribution in [0.15, 0.2) is 18.2 Å². The molecule has 1 heterocycles. The van der Waals surface area contributed by atoms with Gasteiger partial charge < -0.3 is 10.1 Å². The van der Waals surface area contributed by atoms with Crippen LogP contribution in [0.4, 0.5) is 0 Å². The quantitative estimate of drug-likeness (QED) is 0.905. The van der Waals surface area contributed by atoms with Crippen molar-refractivity contribution in [2.24, 2.45) is 5.92 Å². The first-order valence-electron chi connectivity index (χ1n) is 7.41. The molecule has 1 saturated carbocycles. The lowest BCUT2D eigenvalue weighted by atomic mass is 9.99. The fraction of sp³-hybridized carbons (Fsp3) is 0.625. The molecule has 19 heavy (non-hydrogen) atoms. The molecule has 0 radical (unpaired) electrons. The molecule has 1 N–H and O–H groups in total. The maximum Gasteiger partial charge on any atom is 0.123 e. The van der Waals surface area contributed by atoms with Gasteiger partial charge in [0.05, 0.1) is 0 Å². The number of hydrogen-bond acceptors (Lipinski definition) is 2. The summed E-state index contributed by atoms with van der Waals surface area (Å²) in [7, 11) is 0. The lowest BCUT2D eigenvalue weighted by Crippen LogP contribution is -2.39. The number of nitrogens with one attached hydrogen (secondary N) is 1. The van der Waals surface area contributed by atoms with Gasteiger partial charge in [0.25, 0.3) is 0 Å². The summed E-state index contributed by atoms with van der Waals surface area (Å²) in [5, 5.41) is 4.46. The Bertz CT molecular complexity index is 442. The zero-order valence-corrected chi connectivity index (χ0v) is 12.2. The SMILES string of the molecule is C[C@H](NCC1Cc2cc(Cl)ccc2O1)C1CCCC1. The van der Waals surface area contributed by atoms with Gasteiger partial charge in [0.2, 0.25) is 0 Å². The molecule has 2 nitrogen and oxygen atoms in total. The lowest BCUT2D eigenvalue weighted by Gasteiger charge is -2.22. The molecule has 1 fully saturated rings. The van der Waals surface area contributed by atoms with Crippen LogP contribution in [-0.2, 0) is 6.42 Å². The largest absolute Gasteiger partial charge is 0.488 e. The van der Waals surface area contributed by atoms with Gasteiger partial charge in [-0.25, -0.2) is 0 Å². The highest BCUT2D eigenvalue weighted by Gasteiger charge is 2.25. The van der Waals surface area contributed by atoms with Crippen molar-refractivity contribution in [2.75, 3.05) is 6.54 Å². The van der Waals surface area contributed by atoms with Crippen LogP contribution in [0, 0.1) is 5.92 Å². The van der Waals surface area contributed by atoms with E-state index in [1.807, 2.05) is 18.2 Å². The Balaban J connectivity index is 1.50. The molecule has 1 aliphatic carbocycles. The molecule has 1 aliphatic heterocycles. The van der Waals surface area contributed by atoms with E-state index in [0.29, 0.717) is 6.04 Å². The fourth-order valence-corrected chi connectivity index (χ4v) is 3.54. The standard InChI is InChI=1S/C16H22ClNO/c1-11(12-4-2-3-5-12)18-10-15-9-13-8-14(17)6-7-16(13)19-15/h6-8,11-12,15,18H,2-5,9-10H2,1H3/t11-,15?/m0/s1. The molecule has 0 saturated heterocycles. The minimum Gasteiger partial charge on any atom is -0.488 e. The van der Waals surface area contributed by atoms with Gasteiger partial charge in [0.15, 0.2) is 0 Å². The Morgan fingerprint density at radius 3 is 2.95 bits per heavy atom. The summed E-state index contributed by atoms with van der Waals surface area (Å²) < 4.78 is 5.95. The Morgan fingerprint density at radius 1 is 1.37 bits per heavy atom. The first kappa shape index (κ1) is 13.3. The zero-order chi connectivity index (χ0) is 13.2. The van der Waals surface area contributed by atoms with Gasteiger partial charge in [-0.2, -0.15) is 0 Å². The number of rotatable bonds is 4. The van der Waals surface area contributed by atoms with Crippen molar-refractivity contribution in [1.29, 1.82) is 0 Å².